The molecule has 0 aliphatic heterocycles. The average Bonchev–Trinajstić information content (AvgIpc) is 2.15. The number of aliphatic hydroxyl groups is 1. The van der Waals surface area contributed by atoms with E-state index in [1.54, 1.807) is 0 Å². The highest BCUT2D eigenvalue weighted by Crippen LogP contribution is 1.99. The Labute approximate surface area is 85.4 Å². The summed E-state index contributed by atoms with van der Waals surface area (Å²) in [7, 11) is 2.02. The van der Waals surface area contributed by atoms with E-state index in [4.69, 9.17) is 5.11 Å². The number of likely N-dealkylation sites (N-methyl/N-ethyl adjacent to an activating group) is 1. The Hall–Kier alpha value is -0.930. The predicted octanol–water partition coefficient (Wildman–Crippen LogP) is 0.937. The maximum atomic E-state index is 9.17. The predicted molar refractivity (Wildman–Crippen MR) is 57.1 cm³/mol. The van der Waals surface area contributed by atoms with Crippen molar-refractivity contribution in [2.24, 2.45) is 0 Å². The van der Waals surface area contributed by atoms with Gasteiger partial charge in [-0.1, -0.05) is 0 Å². The molecule has 0 aliphatic carbocycles. The molecule has 1 rings (SSSR count). The van der Waals surface area contributed by atoms with Gasteiger partial charge in [-0.3, -0.25) is 4.98 Å². The Morgan fingerprint density at radius 2 is 2.07 bits per heavy atom. The fourth-order valence-corrected chi connectivity index (χ4v) is 1.41. The van der Waals surface area contributed by atoms with Gasteiger partial charge < -0.3 is 10.0 Å². The number of rotatable bonds is 5. The molecule has 0 spiro atoms. The molecule has 0 saturated carbocycles. The van der Waals surface area contributed by atoms with Crippen molar-refractivity contribution in [2.75, 3.05) is 20.1 Å². The van der Waals surface area contributed by atoms with Crippen LogP contribution < -0.4 is 0 Å². The van der Waals surface area contributed by atoms with Crippen LogP contribution in [0.1, 0.15) is 12.5 Å². The van der Waals surface area contributed by atoms with E-state index < -0.39 is 0 Å². The second-order valence-corrected chi connectivity index (χ2v) is 3.72. The number of hydrogen-bond acceptors (Lipinski definition) is 3. The Balaban J connectivity index is 2.27. The summed E-state index contributed by atoms with van der Waals surface area (Å²) in [5.74, 6) is 0. The van der Waals surface area contributed by atoms with Crippen molar-refractivity contribution in [1.29, 1.82) is 0 Å². The first-order valence-electron chi connectivity index (χ1n) is 4.94. The molecule has 0 fully saturated rings. The molecule has 1 heterocycles. The zero-order valence-electron chi connectivity index (χ0n) is 8.85. The second kappa shape index (κ2) is 5.73. The first-order chi connectivity index (χ1) is 6.68. The number of aliphatic hydroxyl groups excluding tert-OH is 1. The Morgan fingerprint density at radius 3 is 2.64 bits per heavy atom. The van der Waals surface area contributed by atoms with Crippen LogP contribution in [0.4, 0.5) is 0 Å². The second-order valence-electron chi connectivity index (χ2n) is 3.72. The first kappa shape index (κ1) is 11.1. The highest BCUT2D eigenvalue weighted by Gasteiger charge is 2.02. The lowest BCUT2D eigenvalue weighted by Crippen LogP contribution is -2.29. The number of pyridine rings is 1. The largest absolute Gasteiger partial charge is 0.392 e. The Kier molecular flexibility index (Phi) is 4.56. The lowest BCUT2D eigenvalue weighted by Gasteiger charge is -2.17. The van der Waals surface area contributed by atoms with Crippen LogP contribution >= 0.6 is 0 Å². The molecule has 1 N–H and O–H groups in total. The van der Waals surface area contributed by atoms with Gasteiger partial charge in [0.05, 0.1) is 6.10 Å². The van der Waals surface area contributed by atoms with Gasteiger partial charge in [-0.25, -0.2) is 0 Å². The summed E-state index contributed by atoms with van der Waals surface area (Å²) in [4.78, 5) is 6.10. The molecule has 1 aromatic rings. The molecule has 0 bridgehead atoms. The van der Waals surface area contributed by atoms with Gasteiger partial charge in [0.15, 0.2) is 0 Å². The molecule has 3 heteroatoms. The van der Waals surface area contributed by atoms with Crippen LogP contribution in [0.2, 0.25) is 0 Å². The molecule has 0 amide bonds. The zero-order chi connectivity index (χ0) is 10.4. The van der Waals surface area contributed by atoms with Gasteiger partial charge in [0.2, 0.25) is 0 Å². The standard InChI is InChI=1S/C11H18N2O/c1-10(14)9-13(2)8-5-11-3-6-12-7-4-11/h3-4,6-7,10,14H,5,8-9H2,1-2H3/t10-/m1/s1. The number of nitrogens with zero attached hydrogens (tertiary/aromatic N) is 2. The van der Waals surface area contributed by atoms with Gasteiger partial charge in [0.1, 0.15) is 0 Å². The van der Waals surface area contributed by atoms with E-state index in [0.717, 1.165) is 19.5 Å². The van der Waals surface area contributed by atoms with Crippen molar-refractivity contribution < 1.29 is 5.11 Å². The normalized spacial score (nSPS) is 13.1. The fourth-order valence-electron chi connectivity index (χ4n) is 1.41. The van der Waals surface area contributed by atoms with Crippen molar-refractivity contribution in [1.82, 2.24) is 9.88 Å². The summed E-state index contributed by atoms with van der Waals surface area (Å²) < 4.78 is 0. The van der Waals surface area contributed by atoms with Crippen LogP contribution in [0.5, 0.6) is 0 Å². The summed E-state index contributed by atoms with van der Waals surface area (Å²) in [6.45, 7) is 3.50. The molecule has 1 aromatic heterocycles. The minimum atomic E-state index is -0.252. The van der Waals surface area contributed by atoms with Crippen LogP contribution in [-0.2, 0) is 6.42 Å². The maximum absolute atomic E-state index is 9.17. The Morgan fingerprint density at radius 1 is 1.43 bits per heavy atom. The van der Waals surface area contributed by atoms with Gasteiger partial charge >= 0.3 is 0 Å². The van der Waals surface area contributed by atoms with Gasteiger partial charge in [-0.15, -0.1) is 0 Å². The average molecular weight is 194 g/mol. The van der Waals surface area contributed by atoms with Crippen molar-refractivity contribution in [3.05, 3.63) is 30.1 Å². The third-order valence-electron chi connectivity index (χ3n) is 2.11. The van der Waals surface area contributed by atoms with Gasteiger partial charge in [-0.2, -0.15) is 0 Å². The van der Waals surface area contributed by atoms with Crippen molar-refractivity contribution >= 4 is 0 Å². The van der Waals surface area contributed by atoms with E-state index in [0.29, 0.717) is 0 Å². The van der Waals surface area contributed by atoms with E-state index in [2.05, 4.69) is 9.88 Å². The molecule has 78 valence electrons. The molecular weight excluding hydrogens is 176 g/mol. The van der Waals surface area contributed by atoms with Gasteiger partial charge in [0, 0.05) is 25.5 Å². The minimum Gasteiger partial charge on any atom is -0.392 e. The molecule has 0 saturated heterocycles. The molecule has 0 aromatic carbocycles. The minimum absolute atomic E-state index is 0.252. The lowest BCUT2D eigenvalue weighted by molar-refractivity contribution is 0.142. The van der Waals surface area contributed by atoms with E-state index in [-0.39, 0.29) is 6.10 Å². The molecule has 0 unspecified atom stereocenters. The van der Waals surface area contributed by atoms with Crippen LogP contribution in [0.3, 0.4) is 0 Å². The van der Waals surface area contributed by atoms with Crippen molar-refractivity contribution in [3.8, 4) is 0 Å². The van der Waals surface area contributed by atoms with Crippen molar-refractivity contribution in [2.45, 2.75) is 19.4 Å². The summed E-state index contributed by atoms with van der Waals surface area (Å²) in [6, 6.07) is 4.05. The van der Waals surface area contributed by atoms with Crippen LogP contribution in [0, 0.1) is 0 Å². The third-order valence-corrected chi connectivity index (χ3v) is 2.11. The lowest BCUT2D eigenvalue weighted by atomic mass is 10.2. The van der Waals surface area contributed by atoms with E-state index >= 15 is 0 Å². The summed E-state index contributed by atoms with van der Waals surface area (Å²) in [6.07, 6.45) is 4.37. The zero-order valence-corrected chi connectivity index (χ0v) is 8.85. The van der Waals surface area contributed by atoms with Crippen LogP contribution in [0.15, 0.2) is 24.5 Å². The molecule has 0 aliphatic rings. The van der Waals surface area contributed by atoms with Gasteiger partial charge in [0.25, 0.3) is 0 Å². The smallest absolute Gasteiger partial charge is 0.0638 e. The van der Waals surface area contributed by atoms with E-state index in [1.807, 2.05) is 38.5 Å². The molecule has 14 heavy (non-hydrogen) atoms. The molecule has 1 atom stereocenters. The number of aromatic nitrogens is 1. The van der Waals surface area contributed by atoms with Crippen LogP contribution in [-0.4, -0.2) is 41.2 Å². The summed E-state index contributed by atoms with van der Waals surface area (Å²) in [5, 5.41) is 9.17. The summed E-state index contributed by atoms with van der Waals surface area (Å²) >= 11 is 0. The first-order valence-corrected chi connectivity index (χ1v) is 4.94. The highest BCUT2D eigenvalue weighted by molar-refractivity contribution is 5.09. The van der Waals surface area contributed by atoms with Crippen LogP contribution in [0.25, 0.3) is 0 Å². The fraction of sp³-hybridized carbons (Fsp3) is 0.545. The third kappa shape index (κ3) is 4.35. The van der Waals surface area contributed by atoms with E-state index in [1.165, 1.54) is 5.56 Å². The SMILES string of the molecule is C[C@@H](O)CN(C)CCc1ccncc1. The maximum Gasteiger partial charge on any atom is 0.0638 e. The van der Waals surface area contributed by atoms with E-state index in [9.17, 15) is 0 Å². The molecule has 3 nitrogen and oxygen atoms in total. The molecule has 0 radical (unpaired) electrons. The van der Waals surface area contributed by atoms with Gasteiger partial charge in [-0.05, 0) is 38.1 Å². The topological polar surface area (TPSA) is 36.4 Å². The highest BCUT2D eigenvalue weighted by atomic mass is 16.3. The summed E-state index contributed by atoms with van der Waals surface area (Å²) in [5.41, 5.74) is 1.29. The molecular formula is C11H18N2O. The Bertz CT molecular complexity index is 249. The van der Waals surface area contributed by atoms with Crippen molar-refractivity contribution in [3.63, 3.8) is 0 Å². The number of hydrogen-bond donors (Lipinski definition) is 1. The monoisotopic (exact) mass is 194 g/mol. The quantitative estimate of drug-likeness (QED) is 0.757.